The Hall–Kier alpha value is -0.730. The third-order valence-corrected chi connectivity index (χ3v) is 5.65. The lowest BCUT2D eigenvalue weighted by Gasteiger charge is -2.47. The summed E-state index contributed by atoms with van der Waals surface area (Å²) in [6, 6.07) is 5.87. The van der Waals surface area contributed by atoms with Crippen LogP contribution in [0.5, 0.6) is 5.75 Å². The molecule has 3 rings (SSSR count). The summed E-state index contributed by atoms with van der Waals surface area (Å²) >= 11 is 6.08. The van der Waals surface area contributed by atoms with E-state index >= 15 is 0 Å². The summed E-state index contributed by atoms with van der Waals surface area (Å²) in [6.45, 7) is 7.04. The van der Waals surface area contributed by atoms with Gasteiger partial charge in [-0.05, 0) is 55.2 Å². The number of hydrogen-bond donors (Lipinski definition) is 1. The van der Waals surface area contributed by atoms with Crippen molar-refractivity contribution in [2.45, 2.75) is 64.5 Å². The lowest BCUT2D eigenvalue weighted by molar-refractivity contribution is -0.0254. The Bertz CT molecular complexity index is 527. The highest BCUT2D eigenvalue weighted by Gasteiger charge is 2.44. The fourth-order valence-electron chi connectivity index (χ4n) is 4.00. The lowest BCUT2D eigenvalue weighted by Crippen LogP contribution is -2.46. The summed E-state index contributed by atoms with van der Waals surface area (Å²) in [6.07, 6.45) is 5.62. The molecule has 2 nitrogen and oxygen atoms in total. The number of fused-ring (bicyclic) bond motifs is 1. The molecule has 21 heavy (non-hydrogen) atoms. The third kappa shape index (κ3) is 2.93. The van der Waals surface area contributed by atoms with Gasteiger partial charge in [-0.15, -0.1) is 0 Å². The molecule has 1 aliphatic carbocycles. The molecule has 2 aliphatic rings. The fourth-order valence-corrected chi connectivity index (χ4v) is 4.18. The van der Waals surface area contributed by atoms with E-state index in [1.165, 1.54) is 12.8 Å². The Labute approximate surface area is 133 Å². The maximum absolute atomic E-state index is 6.41. The Morgan fingerprint density at radius 1 is 1.24 bits per heavy atom. The van der Waals surface area contributed by atoms with Crippen LogP contribution in [0.3, 0.4) is 0 Å². The molecule has 0 amide bonds. The second-order valence-corrected chi connectivity index (χ2v) is 8.35. The van der Waals surface area contributed by atoms with E-state index in [1.807, 2.05) is 18.2 Å². The Morgan fingerprint density at radius 3 is 2.52 bits per heavy atom. The summed E-state index contributed by atoms with van der Waals surface area (Å²) < 4.78 is 6.41. The molecule has 2 N–H and O–H groups in total. The van der Waals surface area contributed by atoms with Gasteiger partial charge in [0.15, 0.2) is 0 Å². The van der Waals surface area contributed by atoms with Crippen LogP contribution in [0.4, 0.5) is 0 Å². The Balaban J connectivity index is 1.79. The molecule has 0 saturated heterocycles. The predicted molar refractivity (Wildman–Crippen MR) is 87.8 cm³/mol. The second kappa shape index (κ2) is 5.17. The number of hydrogen-bond acceptors (Lipinski definition) is 2. The van der Waals surface area contributed by atoms with Crippen LogP contribution in [0.15, 0.2) is 18.2 Å². The van der Waals surface area contributed by atoms with Crippen molar-refractivity contribution in [1.29, 1.82) is 0 Å². The van der Waals surface area contributed by atoms with E-state index in [0.29, 0.717) is 5.41 Å². The van der Waals surface area contributed by atoms with Gasteiger partial charge in [-0.1, -0.05) is 32.4 Å². The molecule has 1 aliphatic heterocycles. The summed E-state index contributed by atoms with van der Waals surface area (Å²) in [5.74, 6) is 1.72. The van der Waals surface area contributed by atoms with Crippen molar-refractivity contribution < 1.29 is 4.74 Å². The van der Waals surface area contributed by atoms with E-state index in [9.17, 15) is 0 Å². The zero-order valence-corrected chi connectivity index (χ0v) is 14.0. The molecule has 1 atom stereocenters. The lowest BCUT2D eigenvalue weighted by atomic mass is 9.66. The first kappa shape index (κ1) is 15.2. The van der Waals surface area contributed by atoms with Gasteiger partial charge >= 0.3 is 0 Å². The van der Waals surface area contributed by atoms with Gasteiger partial charge < -0.3 is 10.5 Å². The Morgan fingerprint density at radius 2 is 1.90 bits per heavy atom. The van der Waals surface area contributed by atoms with Crippen LogP contribution in [0.1, 0.15) is 64.5 Å². The highest BCUT2D eigenvalue weighted by atomic mass is 35.5. The molecule has 0 radical (unpaired) electrons. The van der Waals surface area contributed by atoms with Crippen molar-refractivity contribution >= 4 is 11.6 Å². The van der Waals surface area contributed by atoms with Gasteiger partial charge in [0.1, 0.15) is 11.4 Å². The van der Waals surface area contributed by atoms with Gasteiger partial charge in [-0.3, -0.25) is 0 Å². The molecule has 0 bridgehead atoms. The molecule has 1 spiro atoms. The number of ether oxygens (including phenoxy) is 1. The van der Waals surface area contributed by atoms with E-state index < -0.39 is 0 Å². The second-order valence-electron chi connectivity index (χ2n) is 7.92. The summed E-state index contributed by atoms with van der Waals surface area (Å²) in [7, 11) is 0. The van der Waals surface area contributed by atoms with Crippen LogP contribution >= 0.6 is 11.6 Å². The number of benzene rings is 1. The van der Waals surface area contributed by atoms with Crippen LogP contribution in [-0.2, 0) is 0 Å². The maximum atomic E-state index is 6.41. The molecule has 1 unspecified atom stereocenters. The molecule has 0 aromatic heterocycles. The highest BCUT2D eigenvalue weighted by Crippen LogP contribution is 2.49. The first-order chi connectivity index (χ1) is 9.79. The highest BCUT2D eigenvalue weighted by molar-refractivity contribution is 6.30. The Kier molecular flexibility index (Phi) is 3.74. The zero-order valence-electron chi connectivity index (χ0n) is 13.3. The van der Waals surface area contributed by atoms with Gasteiger partial charge in [0.05, 0.1) is 0 Å². The van der Waals surface area contributed by atoms with Crippen LogP contribution in [0, 0.1) is 11.3 Å². The standard InChI is InChI=1S/C18H26ClNO/c1-17(2,3)12-6-8-18(9-7-12)11-15(20)14-10-13(19)4-5-16(14)21-18/h4-5,10,12,15H,6-9,11,20H2,1-3H3. The van der Waals surface area contributed by atoms with Crippen molar-refractivity contribution in [3.63, 3.8) is 0 Å². The molecule has 1 heterocycles. The van der Waals surface area contributed by atoms with Crippen LogP contribution in [0.25, 0.3) is 0 Å². The molecular weight excluding hydrogens is 282 g/mol. The minimum atomic E-state index is -0.0536. The first-order valence-corrected chi connectivity index (χ1v) is 8.41. The normalized spacial score (nSPS) is 32.6. The topological polar surface area (TPSA) is 35.2 Å². The van der Waals surface area contributed by atoms with Gasteiger partial charge in [-0.25, -0.2) is 0 Å². The molecule has 1 aromatic carbocycles. The minimum absolute atomic E-state index is 0.0404. The van der Waals surface area contributed by atoms with E-state index in [-0.39, 0.29) is 11.6 Å². The van der Waals surface area contributed by atoms with E-state index in [0.717, 1.165) is 41.5 Å². The van der Waals surface area contributed by atoms with Crippen molar-refractivity contribution in [2.24, 2.45) is 17.1 Å². The van der Waals surface area contributed by atoms with E-state index in [2.05, 4.69) is 20.8 Å². The van der Waals surface area contributed by atoms with Crippen molar-refractivity contribution in [3.8, 4) is 5.75 Å². The van der Waals surface area contributed by atoms with Crippen LogP contribution in [-0.4, -0.2) is 5.60 Å². The largest absolute Gasteiger partial charge is 0.487 e. The van der Waals surface area contributed by atoms with Crippen molar-refractivity contribution in [2.75, 3.05) is 0 Å². The van der Waals surface area contributed by atoms with E-state index in [1.54, 1.807) is 0 Å². The average Bonchev–Trinajstić information content (AvgIpc) is 2.39. The molecule has 1 fully saturated rings. The first-order valence-electron chi connectivity index (χ1n) is 8.03. The van der Waals surface area contributed by atoms with Crippen LogP contribution in [0.2, 0.25) is 5.02 Å². The third-order valence-electron chi connectivity index (χ3n) is 5.41. The van der Waals surface area contributed by atoms with Gasteiger partial charge in [0.25, 0.3) is 0 Å². The molecule has 116 valence electrons. The van der Waals surface area contributed by atoms with Gasteiger partial charge in [-0.2, -0.15) is 0 Å². The fraction of sp³-hybridized carbons (Fsp3) is 0.667. The quantitative estimate of drug-likeness (QED) is 0.724. The molecule has 1 saturated carbocycles. The molecule has 1 aromatic rings. The maximum Gasteiger partial charge on any atom is 0.125 e. The zero-order chi connectivity index (χ0) is 15.3. The van der Waals surface area contributed by atoms with Crippen molar-refractivity contribution in [3.05, 3.63) is 28.8 Å². The van der Waals surface area contributed by atoms with E-state index in [4.69, 9.17) is 22.1 Å². The molecule has 3 heteroatoms. The monoisotopic (exact) mass is 307 g/mol. The minimum Gasteiger partial charge on any atom is -0.487 e. The number of halogens is 1. The molecular formula is C18H26ClNO. The van der Waals surface area contributed by atoms with Crippen molar-refractivity contribution in [1.82, 2.24) is 0 Å². The average molecular weight is 308 g/mol. The number of nitrogens with two attached hydrogens (primary N) is 1. The smallest absolute Gasteiger partial charge is 0.125 e. The summed E-state index contributed by atoms with van der Waals surface area (Å²) in [5, 5.41) is 0.736. The van der Waals surface area contributed by atoms with Gasteiger partial charge in [0.2, 0.25) is 0 Å². The summed E-state index contributed by atoms with van der Waals surface area (Å²) in [4.78, 5) is 0. The van der Waals surface area contributed by atoms with Crippen LogP contribution < -0.4 is 10.5 Å². The SMILES string of the molecule is CC(C)(C)C1CCC2(CC1)CC(N)c1cc(Cl)ccc1O2. The predicted octanol–water partition coefficient (Wildman–Crippen LogP) is 5.10. The van der Waals surface area contributed by atoms with Gasteiger partial charge in [0, 0.05) is 23.0 Å². The summed E-state index contributed by atoms with van der Waals surface area (Å²) in [5.41, 5.74) is 7.80. The number of rotatable bonds is 0.